The summed E-state index contributed by atoms with van der Waals surface area (Å²) in [6.07, 6.45) is 0.877. The van der Waals surface area contributed by atoms with Gasteiger partial charge in [0.1, 0.15) is 6.07 Å². The van der Waals surface area contributed by atoms with E-state index in [2.05, 4.69) is 47.8 Å². The SMILES string of the molecule is N#CC(=CC(=O)O)c1cc(Br)c(Br)c(Br)c1. The lowest BCUT2D eigenvalue weighted by Crippen LogP contribution is -1.91. The number of nitriles is 1. The molecule has 0 aliphatic rings. The van der Waals surface area contributed by atoms with Crippen molar-refractivity contribution in [3.05, 3.63) is 37.2 Å². The van der Waals surface area contributed by atoms with Crippen molar-refractivity contribution in [2.45, 2.75) is 0 Å². The molecule has 16 heavy (non-hydrogen) atoms. The zero-order valence-corrected chi connectivity index (χ0v) is 12.4. The predicted octanol–water partition coefficient (Wildman–Crippen LogP) is 3.97. The van der Waals surface area contributed by atoms with Crippen LogP contribution < -0.4 is 0 Å². The molecule has 1 aromatic carbocycles. The quantitative estimate of drug-likeness (QED) is 0.457. The van der Waals surface area contributed by atoms with Crippen LogP contribution in [0.2, 0.25) is 0 Å². The van der Waals surface area contributed by atoms with Crippen molar-refractivity contribution in [1.82, 2.24) is 0 Å². The third kappa shape index (κ3) is 3.17. The minimum absolute atomic E-state index is 0.0985. The number of halogens is 3. The molecule has 0 unspecified atom stereocenters. The fraction of sp³-hybridized carbons (Fsp3) is 0. The number of nitrogens with zero attached hydrogens (tertiary/aromatic N) is 1. The molecular weight excluding hydrogens is 406 g/mol. The second kappa shape index (κ2) is 5.62. The third-order valence-electron chi connectivity index (χ3n) is 1.68. The topological polar surface area (TPSA) is 61.1 Å². The van der Waals surface area contributed by atoms with Gasteiger partial charge >= 0.3 is 5.97 Å². The minimum Gasteiger partial charge on any atom is -0.478 e. The van der Waals surface area contributed by atoms with E-state index in [1.54, 1.807) is 12.1 Å². The monoisotopic (exact) mass is 407 g/mol. The standard InChI is InChI=1S/C10H4Br3NO2/c11-7-1-5(2-8(12)10(7)13)6(4-14)3-9(15)16/h1-3H,(H,15,16). The lowest BCUT2D eigenvalue weighted by atomic mass is 10.1. The number of carboxylic acid groups (broad SMARTS) is 1. The van der Waals surface area contributed by atoms with Gasteiger partial charge in [-0.05, 0) is 65.5 Å². The minimum atomic E-state index is -1.15. The molecule has 82 valence electrons. The maximum Gasteiger partial charge on any atom is 0.329 e. The first-order valence-corrected chi connectivity index (χ1v) is 6.33. The van der Waals surface area contributed by atoms with Crippen LogP contribution in [0.4, 0.5) is 0 Å². The Morgan fingerprint density at radius 3 is 2.19 bits per heavy atom. The Morgan fingerprint density at radius 2 is 1.81 bits per heavy atom. The van der Waals surface area contributed by atoms with Gasteiger partial charge in [-0.3, -0.25) is 0 Å². The number of benzene rings is 1. The van der Waals surface area contributed by atoms with Gasteiger partial charge in [0.25, 0.3) is 0 Å². The van der Waals surface area contributed by atoms with Crippen LogP contribution in [0, 0.1) is 11.3 Å². The van der Waals surface area contributed by atoms with E-state index in [1.165, 1.54) is 0 Å². The highest BCUT2D eigenvalue weighted by Crippen LogP contribution is 2.34. The summed E-state index contributed by atoms with van der Waals surface area (Å²) in [4.78, 5) is 10.5. The van der Waals surface area contributed by atoms with Gasteiger partial charge in [-0.25, -0.2) is 4.79 Å². The highest BCUT2D eigenvalue weighted by Gasteiger charge is 2.09. The summed E-state index contributed by atoms with van der Waals surface area (Å²) in [5.41, 5.74) is 0.633. The number of rotatable bonds is 2. The molecule has 0 heterocycles. The fourth-order valence-electron chi connectivity index (χ4n) is 1.01. The zero-order valence-electron chi connectivity index (χ0n) is 7.67. The van der Waals surface area contributed by atoms with Gasteiger partial charge in [-0.15, -0.1) is 0 Å². The second-order valence-electron chi connectivity index (χ2n) is 2.76. The Bertz CT molecular complexity index is 494. The van der Waals surface area contributed by atoms with E-state index in [0.717, 1.165) is 19.5 Å². The summed E-state index contributed by atoms with van der Waals surface area (Å²) in [5, 5.41) is 17.5. The average molecular weight is 410 g/mol. The Balaban J connectivity index is 3.34. The Hall–Kier alpha value is -0.640. The van der Waals surface area contributed by atoms with E-state index < -0.39 is 5.97 Å². The summed E-state index contributed by atoms with van der Waals surface area (Å²) in [7, 11) is 0. The van der Waals surface area contributed by atoms with Gasteiger partial charge in [-0.2, -0.15) is 5.26 Å². The Kier molecular flexibility index (Phi) is 4.71. The lowest BCUT2D eigenvalue weighted by Gasteiger charge is -2.04. The molecular formula is C10H4Br3NO2. The molecule has 1 aromatic rings. The van der Waals surface area contributed by atoms with Crippen molar-refractivity contribution < 1.29 is 9.90 Å². The van der Waals surface area contributed by atoms with E-state index in [-0.39, 0.29) is 5.57 Å². The Morgan fingerprint density at radius 1 is 1.31 bits per heavy atom. The number of carboxylic acids is 1. The molecule has 0 saturated carbocycles. The number of carbonyl (C=O) groups is 1. The molecule has 0 fully saturated rings. The fourth-order valence-corrected chi connectivity index (χ4v) is 2.43. The summed E-state index contributed by atoms with van der Waals surface area (Å²) in [6, 6.07) is 5.19. The Labute approximate surface area is 117 Å². The molecule has 0 saturated heterocycles. The third-order valence-corrected chi connectivity index (χ3v) is 4.85. The van der Waals surface area contributed by atoms with Crippen LogP contribution in [0.5, 0.6) is 0 Å². The molecule has 0 radical (unpaired) electrons. The van der Waals surface area contributed by atoms with Crippen LogP contribution in [-0.2, 0) is 4.79 Å². The van der Waals surface area contributed by atoms with Crippen LogP contribution in [0.1, 0.15) is 5.56 Å². The van der Waals surface area contributed by atoms with E-state index in [4.69, 9.17) is 10.4 Å². The van der Waals surface area contributed by atoms with Crippen molar-refractivity contribution in [3.63, 3.8) is 0 Å². The first-order chi connectivity index (χ1) is 7.45. The first kappa shape index (κ1) is 13.4. The van der Waals surface area contributed by atoms with Crippen molar-refractivity contribution in [2.75, 3.05) is 0 Å². The van der Waals surface area contributed by atoms with Crippen LogP contribution in [0.3, 0.4) is 0 Å². The van der Waals surface area contributed by atoms with Gasteiger partial charge < -0.3 is 5.11 Å². The van der Waals surface area contributed by atoms with E-state index >= 15 is 0 Å². The number of allylic oxidation sites excluding steroid dienone is 1. The van der Waals surface area contributed by atoms with Crippen LogP contribution >= 0.6 is 47.8 Å². The average Bonchev–Trinajstić information content (AvgIpc) is 2.21. The predicted molar refractivity (Wildman–Crippen MR) is 70.8 cm³/mol. The van der Waals surface area contributed by atoms with Gasteiger partial charge in [0.05, 0.1) is 5.57 Å². The normalized spacial score (nSPS) is 11.0. The van der Waals surface area contributed by atoms with Crippen molar-refractivity contribution in [1.29, 1.82) is 5.26 Å². The molecule has 0 amide bonds. The molecule has 0 bridgehead atoms. The lowest BCUT2D eigenvalue weighted by molar-refractivity contribution is -0.131. The van der Waals surface area contributed by atoms with Crippen molar-refractivity contribution in [2.24, 2.45) is 0 Å². The van der Waals surface area contributed by atoms with E-state index in [0.29, 0.717) is 5.56 Å². The van der Waals surface area contributed by atoms with Crippen molar-refractivity contribution in [3.8, 4) is 6.07 Å². The highest BCUT2D eigenvalue weighted by atomic mass is 79.9. The maximum absolute atomic E-state index is 10.5. The van der Waals surface area contributed by atoms with Gasteiger partial charge in [0.2, 0.25) is 0 Å². The largest absolute Gasteiger partial charge is 0.478 e. The van der Waals surface area contributed by atoms with Crippen molar-refractivity contribution >= 4 is 59.3 Å². The van der Waals surface area contributed by atoms with Crippen LogP contribution in [0.15, 0.2) is 31.6 Å². The summed E-state index contributed by atoms with van der Waals surface area (Å²) < 4.78 is 2.29. The first-order valence-electron chi connectivity index (χ1n) is 3.95. The molecule has 0 atom stereocenters. The van der Waals surface area contributed by atoms with Gasteiger partial charge in [-0.1, -0.05) is 0 Å². The summed E-state index contributed by atoms with van der Waals surface area (Å²) in [6.45, 7) is 0. The van der Waals surface area contributed by atoms with E-state index in [1.807, 2.05) is 6.07 Å². The molecule has 6 heteroatoms. The van der Waals surface area contributed by atoms with Crippen LogP contribution in [-0.4, -0.2) is 11.1 Å². The molecule has 0 aliphatic heterocycles. The second-order valence-corrected chi connectivity index (χ2v) is 5.26. The summed E-state index contributed by atoms with van der Waals surface area (Å²) in [5.74, 6) is -1.15. The van der Waals surface area contributed by atoms with Gasteiger partial charge in [0.15, 0.2) is 0 Å². The molecule has 0 spiro atoms. The molecule has 1 N–H and O–H groups in total. The van der Waals surface area contributed by atoms with E-state index in [9.17, 15) is 4.79 Å². The molecule has 1 rings (SSSR count). The molecule has 0 aliphatic carbocycles. The number of aliphatic carboxylic acids is 1. The number of hydrogen-bond acceptors (Lipinski definition) is 2. The molecule has 0 aromatic heterocycles. The molecule has 3 nitrogen and oxygen atoms in total. The van der Waals surface area contributed by atoms with Crippen LogP contribution in [0.25, 0.3) is 5.57 Å². The number of hydrogen-bond donors (Lipinski definition) is 1. The maximum atomic E-state index is 10.5. The zero-order chi connectivity index (χ0) is 12.3. The highest BCUT2D eigenvalue weighted by molar-refractivity contribution is 9.14. The van der Waals surface area contributed by atoms with Gasteiger partial charge in [0, 0.05) is 19.5 Å². The summed E-state index contributed by atoms with van der Waals surface area (Å²) >= 11 is 9.92. The smallest absolute Gasteiger partial charge is 0.329 e.